The number of nitrogens with one attached hydrogen (secondary N) is 1. The van der Waals surface area contributed by atoms with E-state index in [0.29, 0.717) is 36.9 Å². The summed E-state index contributed by atoms with van der Waals surface area (Å²) in [6, 6.07) is 6.79. The van der Waals surface area contributed by atoms with Crippen LogP contribution in [0.25, 0.3) is 0 Å². The van der Waals surface area contributed by atoms with E-state index < -0.39 is 0 Å². The smallest absolute Gasteiger partial charge is 0.273 e. The van der Waals surface area contributed by atoms with Crippen LogP contribution in [0.5, 0.6) is 0 Å². The fraction of sp³-hybridized carbons (Fsp3) is 0.389. The molecule has 0 fully saturated rings. The van der Waals surface area contributed by atoms with Gasteiger partial charge in [-0.05, 0) is 12.1 Å². The number of methoxy groups -OCH3 is 2. The van der Waals surface area contributed by atoms with Crippen LogP contribution < -0.4 is 5.32 Å². The lowest BCUT2D eigenvalue weighted by molar-refractivity contribution is 0.0663. The van der Waals surface area contributed by atoms with E-state index in [1.165, 1.54) is 11.2 Å². The van der Waals surface area contributed by atoms with Gasteiger partial charge in [0.15, 0.2) is 5.69 Å². The number of hydrogen-bond donors (Lipinski definition) is 1. The summed E-state index contributed by atoms with van der Waals surface area (Å²) >= 11 is 6.13. The molecule has 0 radical (unpaired) electrons. The van der Waals surface area contributed by atoms with Crippen LogP contribution in [0.15, 0.2) is 34.9 Å². The van der Waals surface area contributed by atoms with Gasteiger partial charge in [0.1, 0.15) is 6.26 Å². The Balaban J connectivity index is 2.09. The molecular weight excluding hydrogens is 374 g/mol. The van der Waals surface area contributed by atoms with Gasteiger partial charge in [-0.15, -0.1) is 0 Å². The monoisotopic (exact) mass is 395 g/mol. The molecule has 0 aliphatic rings. The second kappa shape index (κ2) is 10.7. The molecule has 1 N–H and O–H groups in total. The minimum absolute atomic E-state index is 0.0821. The first-order valence-electron chi connectivity index (χ1n) is 8.31. The van der Waals surface area contributed by atoms with Crippen molar-refractivity contribution >= 4 is 23.4 Å². The summed E-state index contributed by atoms with van der Waals surface area (Å²) in [6.07, 6.45) is 1.26. The number of carbonyl (C=O) groups excluding carboxylic acids is 2. The number of hydrogen-bond acceptors (Lipinski definition) is 6. The van der Waals surface area contributed by atoms with Crippen molar-refractivity contribution in [3.05, 3.63) is 52.7 Å². The molecule has 9 heteroatoms. The van der Waals surface area contributed by atoms with Crippen LogP contribution in [0.1, 0.15) is 26.7 Å². The SMILES string of the molecule is COCCNC(=O)c1coc(CN(CCOC)C(=O)c2ccccc2Cl)n1. The zero-order valence-corrected chi connectivity index (χ0v) is 16.0. The summed E-state index contributed by atoms with van der Waals surface area (Å²) in [6.45, 7) is 1.49. The highest BCUT2D eigenvalue weighted by atomic mass is 35.5. The molecule has 0 aliphatic carbocycles. The van der Waals surface area contributed by atoms with Crippen molar-refractivity contribution in [3.63, 3.8) is 0 Å². The molecule has 1 heterocycles. The first-order chi connectivity index (χ1) is 13.1. The quantitative estimate of drug-likeness (QED) is 0.618. The number of amides is 2. The maximum Gasteiger partial charge on any atom is 0.273 e. The van der Waals surface area contributed by atoms with Crippen molar-refractivity contribution in [2.45, 2.75) is 6.54 Å². The molecule has 0 atom stereocenters. The zero-order valence-electron chi connectivity index (χ0n) is 15.2. The average Bonchev–Trinajstić information content (AvgIpc) is 3.14. The fourth-order valence-electron chi connectivity index (χ4n) is 2.27. The molecule has 0 spiro atoms. The topological polar surface area (TPSA) is 93.9 Å². The molecule has 27 heavy (non-hydrogen) atoms. The summed E-state index contributed by atoms with van der Waals surface area (Å²) in [5.41, 5.74) is 0.511. The van der Waals surface area contributed by atoms with Gasteiger partial charge in [-0.3, -0.25) is 9.59 Å². The largest absolute Gasteiger partial charge is 0.446 e. The number of benzene rings is 1. The number of aromatic nitrogens is 1. The fourth-order valence-corrected chi connectivity index (χ4v) is 2.48. The lowest BCUT2D eigenvalue weighted by Crippen LogP contribution is -2.34. The third-order valence-corrected chi connectivity index (χ3v) is 3.99. The van der Waals surface area contributed by atoms with Crippen LogP contribution in [0.3, 0.4) is 0 Å². The Morgan fingerprint density at radius 3 is 2.67 bits per heavy atom. The average molecular weight is 396 g/mol. The van der Waals surface area contributed by atoms with Crippen LogP contribution in [0.2, 0.25) is 5.02 Å². The van der Waals surface area contributed by atoms with Crippen molar-refractivity contribution in [2.24, 2.45) is 0 Å². The summed E-state index contributed by atoms with van der Waals surface area (Å²) in [4.78, 5) is 30.4. The van der Waals surface area contributed by atoms with E-state index in [2.05, 4.69) is 10.3 Å². The number of halogens is 1. The van der Waals surface area contributed by atoms with Crippen molar-refractivity contribution in [1.29, 1.82) is 0 Å². The molecule has 146 valence electrons. The van der Waals surface area contributed by atoms with Crippen LogP contribution >= 0.6 is 11.6 Å². The van der Waals surface area contributed by atoms with E-state index in [0.717, 1.165) is 0 Å². The van der Waals surface area contributed by atoms with E-state index in [1.807, 2.05) is 0 Å². The second-order valence-electron chi connectivity index (χ2n) is 5.57. The minimum atomic E-state index is -0.372. The van der Waals surface area contributed by atoms with Gasteiger partial charge in [0.2, 0.25) is 5.89 Å². The Morgan fingerprint density at radius 2 is 1.96 bits per heavy atom. The molecule has 0 unspecified atom stereocenters. The van der Waals surface area contributed by atoms with Crippen LogP contribution in [0, 0.1) is 0 Å². The van der Waals surface area contributed by atoms with Gasteiger partial charge < -0.3 is 24.1 Å². The maximum atomic E-state index is 12.8. The normalized spacial score (nSPS) is 10.6. The van der Waals surface area contributed by atoms with Gasteiger partial charge in [0.25, 0.3) is 11.8 Å². The van der Waals surface area contributed by atoms with Gasteiger partial charge in [-0.1, -0.05) is 23.7 Å². The van der Waals surface area contributed by atoms with Crippen molar-refractivity contribution < 1.29 is 23.5 Å². The summed E-state index contributed by atoms with van der Waals surface area (Å²) in [7, 11) is 3.09. The van der Waals surface area contributed by atoms with Gasteiger partial charge in [-0.2, -0.15) is 0 Å². The van der Waals surface area contributed by atoms with Gasteiger partial charge in [-0.25, -0.2) is 4.98 Å². The molecule has 0 saturated carbocycles. The number of carbonyl (C=O) groups is 2. The van der Waals surface area contributed by atoms with Gasteiger partial charge in [0.05, 0.1) is 30.3 Å². The van der Waals surface area contributed by atoms with E-state index >= 15 is 0 Å². The first kappa shape index (κ1) is 20.9. The lowest BCUT2D eigenvalue weighted by atomic mass is 10.2. The predicted molar refractivity (Wildman–Crippen MR) is 98.8 cm³/mol. The van der Waals surface area contributed by atoms with E-state index in [-0.39, 0.29) is 29.9 Å². The molecular formula is C18H22ClN3O5. The highest BCUT2D eigenvalue weighted by Gasteiger charge is 2.21. The van der Waals surface area contributed by atoms with Crippen molar-refractivity contribution in [3.8, 4) is 0 Å². The summed E-state index contributed by atoms with van der Waals surface area (Å²) in [5.74, 6) is -0.409. The number of nitrogens with zero attached hydrogens (tertiary/aromatic N) is 2. The van der Waals surface area contributed by atoms with E-state index in [1.54, 1.807) is 38.5 Å². The Kier molecular flexibility index (Phi) is 8.25. The molecule has 8 nitrogen and oxygen atoms in total. The maximum absolute atomic E-state index is 12.8. The molecule has 1 aromatic heterocycles. The number of rotatable bonds is 10. The summed E-state index contributed by atoms with van der Waals surface area (Å²) in [5, 5.41) is 3.01. The van der Waals surface area contributed by atoms with Crippen molar-refractivity contribution in [1.82, 2.24) is 15.2 Å². The van der Waals surface area contributed by atoms with Crippen LogP contribution in [0.4, 0.5) is 0 Å². The second-order valence-corrected chi connectivity index (χ2v) is 5.98. The molecule has 2 aromatic rings. The Labute approximate surface area is 162 Å². The Bertz CT molecular complexity index is 765. The molecule has 0 aliphatic heterocycles. The van der Waals surface area contributed by atoms with Crippen LogP contribution in [-0.4, -0.2) is 62.2 Å². The third-order valence-electron chi connectivity index (χ3n) is 3.66. The predicted octanol–water partition coefficient (Wildman–Crippen LogP) is 1.99. The van der Waals surface area contributed by atoms with Gasteiger partial charge >= 0.3 is 0 Å². The Hall–Kier alpha value is -2.42. The summed E-state index contributed by atoms with van der Waals surface area (Å²) < 4.78 is 15.3. The van der Waals surface area contributed by atoms with Crippen molar-refractivity contribution in [2.75, 3.05) is 40.5 Å². The Morgan fingerprint density at radius 1 is 1.22 bits per heavy atom. The number of ether oxygens (including phenoxy) is 2. The van der Waals surface area contributed by atoms with Gasteiger partial charge in [0, 0.05) is 27.3 Å². The van der Waals surface area contributed by atoms with E-state index in [9.17, 15) is 9.59 Å². The molecule has 0 bridgehead atoms. The zero-order chi connectivity index (χ0) is 19.6. The highest BCUT2D eigenvalue weighted by molar-refractivity contribution is 6.33. The van der Waals surface area contributed by atoms with E-state index in [4.69, 9.17) is 25.5 Å². The van der Waals surface area contributed by atoms with Crippen LogP contribution in [-0.2, 0) is 16.0 Å². The molecule has 2 rings (SSSR count). The standard InChI is InChI=1S/C18H22ClN3O5/c1-25-9-7-20-17(23)15-12-27-16(21-15)11-22(8-10-26-2)18(24)13-5-3-4-6-14(13)19/h3-6,12H,7-11H2,1-2H3,(H,20,23). The molecule has 1 aromatic carbocycles. The lowest BCUT2D eigenvalue weighted by Gasteiger charge is -2.21. The molecule has 0 saturated heterocycles. The minimum Gasteiger partial charge on any atom is -0.446 e. The molecule has 2 amide bonds. The first-order valence-corrected chi connectivity index (χ1v) is 8.69. The highest BCUT2D eigenvalue weighted by Crippen LogP contribution is 2.18. The number of oxazole rings is 1. The third kappa shape index (κ3) is 6.06.